The van der Waals surface area contributed by atoms with Gasteiger partial charge < -0.3 is 15.1 Å². The number of aromatic nitrogens is 3. The summed E-state index contributed by atoms with van der Waals surface area (Å²) in [6, 6.07) is 5.53. The zero-order chi connectivity index (χ0) is 22.4. The highest BCUT2D eigenvalue weighted by atomic mass is 35.5. The van der Waals surface area contributed by atoms with Gasteiger partial charge in [-0.3, -0.25) is 9.59 Å². The van der Waals surface area contributed by atoms with Crippen LogP contribution in [0, 0.1) is 6.92 Å². The van der Waals surface area contributed by atoms with E-state index in [0.717, 1.165) is 11.1 Å². The van der Waals surface area contributed by atoms with Gasteiger partial charge in [0.2, 0.25) is 5.91 Å². The third kappa shape index (κ3) is 6.16. The molecule has 3 rings (SSSR count). The van der Waals surface area contributed by atoms with Crippen LogP contribution in [0.15, 0.2) is 39.8 Å². The van der Waals surface area contributed by atoms with Crippen molar-refractivity contribution < 1.29 is 9.21 Å². The Morgan fingerprint density at radius 1 is 1.19 bits per heavy atom. The minimum atomic E-state index is -0.405. The van der Waals surface area contributed by atoms with Gasteiger partial charge in [0.25, 0.3) is 5.56 Å². The fourth-order valence-corrected chi connectivity index (χ4v) is 3.49. The van der Waals surface area contributed by atoms with Crippen LogP contribution in [0.4, 0.5) is 0 Å². The summed E-state index contributed by atoms with van der Waals surface area (Å²) in [5.41, 5.74) is 1.72. The summed E-state index contributed by atoms with van der Waals surface area (Å²) in [5.74, 6) is 0.888. The van der Waals surface area contributed by atoms with Gasteiger partial charge in [0.15, 0.2) is 5.89 Å². The first-order valence-corrected chi connectivity index (χ1v) is 10.5. The van der Waals surface area contributed by atoms with Crippen LogP contribution in [-0.4, -0.2) is 27.7 Å². The van der Waals surface area contributed by atoms with E-state index in [2.05, 4.69) is 20.7 Å². The summed E-state index contributed by atoms with van der Waals surface area (Å²) in [4.78, 5) is 29.3. The molecule has 0 bridgehead atoms. The molecule has 0 fully saturated rings. The van der Waals surface area contributed by atoms with Crippen molar-refractivity contribution in [3.05, 3.63) is 79.3 Å². The predicted octanol–water partition coefficient (Wildman–Crippen LogP) is 2.67. The first kappa shape index (κ1) is 23.0. The normalized spacial score (nSPS) is 11.0. The van der Waals surface area contributed by atoms with Gasteiger partial charge in [0.1, 0.15) is 5.76 Å². The minimum Gasteiger partial charge on any atom is -0.446 e. The Hall–Kier alpha value is -2.68. The van der Waals surface area contributed by atoms with Crippen molar-refractivity contribution >= 4 is 29.1 Å². The number of rotatable bonds is 9. The number of hydrogen-bond donors (Lipinski definition) is 2. The second-order valence-electron chi connectivity index (χ2n) is 6.99. The van der Waals surface area contributed by atoms with Gasteiger partial charge in [-0.05, 0) is 30.3 Å². The van der Waals surface area contributed by atoms with Crippen LogP contribution in [0.2, 0.25) is 10.0 Å². The highest BCUT2D eigenvalue weighted by Gasteiger charge is 2.15. The summed E-state index contributed by atoms with van der Waals surface area (Å²) in [5, 5.41) is 10.7. The number of halogens is 2. The zero-order valence-corrected chi connectivity index (χ0v) is 18.8. The van der Waals surface area contributed by atoms with Gasteiger partial charge in [-0.25, -0.2) is 9.67 Å². The van der Waals surface area contributed by atoms with E-state index < -0.39 is 5.56 Å². The largest absolute Gasteiger partial charge is 0.446 e. The van der Waals surface area contributed by atoms with Crippen LogP contribution in [0.1, 0.15) is 28.3 Å². The highest BCUT2D eigenvalue weighted by molar-refractivity contribution is 6.31. The number of nitrogens with one attached hydrogen (secondary N) is 2. The highest BCUT2D eigenvalue weighted by Crippen LogP contribution is 2.16. The Morgan fingerprint density at radius 2 is 2.00 bits per heavy atom. The van der Waals surface area contributed by atoms with Crippen molar-refractivity contribution in [2.75, 3.05) is 7.05 Å². The average molecular weight is 464 g/mol. The second kappa shape index (κ2) is 10.6. The number of carbonyl (C=O) groups is 1. The Labute approximate surface area is 189 Å². The molecule has 0 aliphatic carbocycles. The van der Waals surface area contributed by atoms with Crippen molar-refractivity contribution in [2.24, 2.45) is 0 Å². The lowest BCUT2D eigenvalue weighted by Gasteiger charge is -2.12. The zero-order valence-electron chi connectivity index (χ0n) is 17.2. The number of carbonyl (C=O) groups excluding carboxylic acids is 1. The lowest BCUT2D eigenvalue weighted by atomic mass is 10.1. The lowest BCUT2D eigenvalue weighted by Crippen LogP contribution is -2.32. The van der Waals surface area contributed by atoms with E-state index >= 15 is 0 Å². The fourth-order valence-electron chi connectivity index (χ4n) is 3.10. The SMILES string of the molecule is CNCc1ccc(Cl)cc1CNC(=O)Cc1c(Cl)cnn(CCc2cnc(C)o2)c1=O. The lowest BCUT2D eigenvalue weighted by molar-refractivity contribution is -0.120. The van der Waals surface area contributed by atoms with E-state index in [9.17, 15) is 9.59 Å². The summed E-state index contributed by atoms with van der Waals surface area (Å²) in [6.07, 6.45) is 3.29. The Bertz CT molecular complexity index is 1130. The van der Waals surface area contributed by atoms with Crippen molar-refractivity contribution in [2.45, 2.75) is 39.4 Å². The van der Waals surface area contributed by atoms with Crippen molar-refractivity contribution in [1.82, 2.24) is 25.4 Å². The van der Waals surface area contributed by atoms with Crippen molar-refractivity contribution in [3.8, 4) is 0 Å². The van der Waals surface area contributed by atoms with Crippen LogP contribution < -0.4 is 16.2 Å². The summed E-state index contributed by atoms with van der Waals surface area (Å²) < 4.78 is 6.69. The molecule has 0 spiro atoms. The molecule has 0 aliphatic heterocycles. The third-order valence-electron chi connectivity index (χ3n) is 4.68. The molecule has 10 heteroatoms. The summed E-state index contributed by atoms with van der Waals surface area (Å²) in [6.45, 7) is 2.97. The molecule has 8 nitrogen and oxygen atoms in total. The molecule has 164 valence electrons. The molecule has 2 aromatic heterocycles. The van der Waals surface area contributed by atoms with Crippen LogP contribution >= 0.6 is 23.2 Å². The number of hydrogen-bond acceptors (Lipinski definition) is 6. The number of amides is 1. The number of benzene rings is 1. The molecule has 3 aromatic rings. The number of oxazole rings is 1. The van der Waals surface area contributed by atoms with E-state index in [-0.39, 0.29) is 36.0 Å². The molecule has 0 aliphatic rings. The first-order valence-electron chi connectivity index (χ1n) is 9.71. The molecule has 0 atom stereocenters. The monoisotopic (exact) mass is 463 g/mol. The van der Waals surface area contributed by atoms with Gasteiger partial charge in [-0.2, -0.15) is 5.10 Å². The number of aryl methyl sites for hydroxylation is 3. The second-order valence-corrected chi connectivity index (χ2v) is 7.84. The molecule has 0 unspecified atom stereocenters. The van der Waals surface area contributed by atoms with E-state index in [1.165, 1.54) is 10.9 Å². The maximum absolute atomic E-state index is 12.8. The standard InChI is InChI=1S/C21H23Cl2N5O3/c1-13-25-11-17(31-13)5-6-28-21(30)18(19(23)12-27-28)8-20(29)26-10-15-7-16(22)4-3-14(15)9-24-2/h3-4,7,11-12,24H,5-6,8-10H2,1-2H3,(H,26,29). The van der Waals surface area contributed by atoms with Gasteiger partial charge in [0, 0.05) is 37.0 Å². The average Bonchev–Trinajstić information content (AvgIpc) is 3.16. The summed E-state index contributed by atoms with van der Waals surface area (Å²) in [7, 11) is 1.84. The Morgan fingerprint density at radius 3 is 2.71 bits per heavy atom. The van der Waals surface area contributed by atoms with Crippen LogP contribution in [0.3, 0.4) is 0 Å². The Balaban J connectivity index is 1.67. The maximum Gasteiger partial charge on any atom is 0.271 e. The molecule has 1 amide bonds. The van der Waals surface area contributed by atoms with E-state index in [1.54, 1.807) is 19.2 Å². The van der Waals surface area contributed by atoms with Crippen LogP contribution in [0.5, 0.6) is 0 Å². The molecule has 2 N–H and O–H groups in total. The minimum absolute atomic E-state index is 0.149. The Kier molecular flexibility index (Phi) is 7.84. The molecular weight excluding hydrogens is 441 g/mol. The molecular formula is C21H23Cl2N5O3. The predicted molar refractivity (Wildman–Crippen MR) is 118 cm³/mol. The number of nitrogens with zero attached hydrogens (tertiary/aromatic N) is 3. The van der Waals surface area contributed by atoms with Crippen molar-refractivity contribution in [1.29, 1.82) is 0 Å². The van der Waals surface area contributed by atoms with Gasteiger partial charge in [0.05, 0.1) is 30.4 Å². The molecule has 31 heavy (non-hydrogen) atoms. The fraction of sp³-hybridized carbons (Fsp3) is 0.333. The van der Waals surface area contributed by atoms with Crippen LogP contribution in [-0.2, 0) is 37.3 Å². The molecule has 0 saturated carbocycles. The molecule has 1 aromatic carbocycles. The van der Waals surface area contributed by atoms with Gasteiger partial charge >= 0.3 is 0 Å². The molecule has 0 radical (unpaired) electrons. The van der Waals surface area contributed by atoms with Crippen LogP contribution in [0.25, 0.3) is 0 Å². The van der Waals surface area contributed by atoms with Gasteiger partial charge in [-0.15, -0.1) is 0 Å². The van der Waals surface area contributed by atoms with E-state index in [1.807, 2.05) is 19.2 Å². The molecule has 2 heterocycles. The topological polar surface area (TPSA) is 102 Å². The smallest absolute Gasteiger partial charge is 0.271 e. The van der Waals surface area contributed by atoms with Crippen molar-refractivity contribution in [3.63, 3.8) is 0 Å². The van der Waals surface area contributed by atoms with E-state index in [4.69, 9.17) is 27.6 Å². The first-order chi connectivity index (χ1) is 14.9. The quantitative estimate of drug-likeness (QED) is 0.505. The maximum atomic E-state index is 12.8. The van der Waals surface area contributed by atoms with E-state index in [0.29, 0.717) is 29.6 Å². The van der Waals surface area contributed by atoms with Gasteiger partial charge in [-0.1, -0.05) is 29.3 Å². The third-order valence-corrected chi connectivity index (χ3v) is 5.24. The summed E-state index contributed by atoms with van der Waals surface area (Å²) >= 11 is 12.2. The molecule has 0 saturated heterocycles.